The molecule has 0 aliphatic heterocycles. The van der Waals surface area contributed by atoms with Crippen molar-refractivity contribution in [2.45, 2.75) is 70.9 Å². The Morgan fingerprint density at radius 3 is 2.05 bits per heavy atom. The van der Waals surface area contributed by atoms with Crippen LogP contribution in [0.3, 0.4) is 0 Å². The standard InChI is InChI=1S/C17H28N2/c1-11(2)19-17(3,10-18)9-16-14-5-12-4-13(7-14)8-15(16)6-12/h11-16,19H,4-9H2,1-3H3. The summed E-state index contributed by atoms with van der Waals surface area (Å²) >= 11 is 0. The van der Waals surface area contributed by atoms with Crippen molar-refractivity contribution in [2.75, 3.05) is 0 Å². The third-order valence-corrected chi connectivity index (χ3v) is 5.92. The first-order chi connectivity index (χ1) is 8.99. The van der Waals surface area contributed by atoms with Gasteiger partial charge in [0.2, 0.25) is 0 Å². The van der Waals surface area contributed by atoms with E-state index in [1.165, 1.54) is 32.1 Å². The molecule has 0 amide bonds. The van der Waals surface area contributed by atoms with Gasteiger partial charge in [0.05, 0.1) is 6.07 Å². The van der Waals surface area contributed by atoms with Crippen LogP contribution in [0, 0.1) is 40.9 Å². The quantitative estimate of drug-likeness (QED) is 0.836. The van der Waals surface area contributed by atoms with E-state index in [2.05, 4.69) is 32.2 Å². The molecule has 0 saturated heterocycles. The minimum atomic E-state index is -0.325. The Balaban J connectivity index is 1.71. The third-order valence-electron chi connectivity index (χ3n) is 5.92. The van der Waals surface area contributed by atoms with Crippen LogP contribution in [-0.2, 0) is 0 Å². The van der Waals surface area contributed by atoms with Gasteiger partial charge in [0.25, 0.3) is 0 Å². The second kappa shape index (κ2) is 4.77. The maximum atomic E-state index is 9.58. The Morgan fingerprint density at radius 2 is 1.63 bits per heavy atom. The van der Waals surface area contributed by atoms with Gasteiger partial charge in [-0.15, -0.1) is 0 Å². The van der Waals surface area contributed by atoms with Crippen molar-refractivity contribution in [3.05, 3.63) is 0 Å². The summed E-state index contributed by atoms with van der Waals surface area (Å²) < 4.78 is 0. The van der Waals surface area contributed by atoms with E-state index in [1.54, 1.807) is 0 Å². The molecule has 0 heterocycles. The fourth-order valence-corrected chi connectivity index (χ4v) is 5.62. The van der Waals surface area contributed by atoms with Gasteiger partial charge in [-0.2, -0.15) is 5.26 Å². The molecule has 106 valence electrons. The molecule has 1 atom stereocenters. The molecule has 4 rings (SSSR count). The molecule has 0 radical (unpaired) electrons. The maximum Gasteiger partial charge on any atom is 0.104 e. The van der Waals surface area contributed by atoms with E-state index in [-0.39, 0.29) is 5.54 Å². The highest BCUT2D eigenvalue weighted by atomic mass is 15.0. The van der Waals surface area contributed by atoms with E-state index < -0.39 is 0 Å². The first kappa shape index (κ1) is 13.4. The Labute approximate surface area is 118 Å². The molecule has 0 aromatic carbocycles. The van der Waals surface area contributed by atoms with E-state index in [0.29, 0.717) is 6.04 Å². The van der Waals surface area contributed by atoms with Gasteiger partial charge in [0, 0.05) is 6.04 Å². The molecule has 19 heavy (non-hydrogen) atoms. The van der Waals surface area contributed by atoms with Crippen molar-refractivity contribution in [2.24, 2.45) is 29.6 Å². The fourth-order valence-electron chi connectivity index (χ4n) is 5.62. The summed E-state index contributed by atoms with van der Waals surface area (Å²) in [4.78, 5) is 0. The predicted molar refractivity (Wildman–Crippen MR) is 77.4 cm³/mol. The Hall–Kier alpha value is -0.550. The number of nitrogens with zero attached hydrogens (tertiary/aromatic N) is 1. The zero-order valence-corrected chi connectivity index (χ0v) is 12.7. The number of hydrogen-bond acceptors (Lipinski definition) is 2. The van der Waals surface area contributed by atoms with Gasteiger partial charge in [0.1, 0.15) is 5.54 Å². The van der Waals surface area contributed by atoms with Gasteiger partial charge in [-0.1, -0.05) is 0 Å². The molecule has 2 nitrogen and oxygen atoms in total. The average Bonchev–Trinajstić information content (AvgIpc) is 2.32. The van der Waals surface area contributed by atoms with Gasteiger partial charge >= 0.3 is 0 Å². The SMILES string of the molecule is CC(C)NC(C)(C#N)CC1C2CC3CC(C2)CC1C3. The molecule has 1 N–H and O–H groups in total. The lowest BCUT2D eigenvalue weighted by Gasteiger charge is -2.55. The number of rotatable bonds is 4. The summed E-state index contributed by atoms with van der Waals surface area (Å²) in [5.74, 6) is 4.73. The lowest BCUT2D eigenvalue weighted by molar-refractivity contribution is -0.0463. The van der Waals surface area contributed by atoms with E-state index in [0.717, 1.165) is 36.0 Å². The zero-order chi connectivity index (χ0) is 13.6. The van der Waals surface area contributed by atoms with Crippen LogP contribution in [0.15, 0.2) is 0 Å². The zero-order valence-electron chi connectivity index (χ0n) is 12.7. The van der Waals surface area contributed by atoms with Crippen LogP contribution < -0.4 is 5.32 Å². The highest BCUT2D eigenvalue weighted by Gasteiger charge is 2.49. The molecule has 2 heteroatoms. The number of nitrogens with one attached hydrogen (secondary N) is 1. The second-order valence-electron chi connectivity index (χ2n) is 8.04. The van der Waals surface area contributed by atoms with Gasteiger partial charge in [-0.3, -0.25) is 5.32 Å². The summed E-state index contributed by atoms with van der Waals surface area (Å²) in [6.45, 7) is 6.40. The number of hydrogen-bond donors (Lipinski definition) is 1. The van der Waals surface area contributed by atoms with Gasteiger partial charge in [-0.05, 0) is 88.9 Å². The topological polar surface area (TPSA) is 35.8 Å². The molecule has 0 aromatic heterocycles. The molecule has 0 aromatic rings. The van der Waals surface area contributed by atoms with Crippen LogP contribution in [0.4, 0.5) is 0 Å². The smallest absolute Gasteiger partial charge is 0.104 e. The van der Waals surface area contributed by atoms with Gasteiger partial charge in [0.15, 0.2) is 0 Å². The van der Waals surface area contributed by atoms with Crippen LogP contribution in [0.25, 0.3) is 0 Å². The lowest BCUT2D eigenvalue weighted by atomic mass is 9.50. The predicted octanol–water partition coefficient (Wildman–Crippen LogP) is 3.73. The van der Waals surface area contributed by atoms with Crippen LogP contribution >= 0.6 is 0 Å². The molecule has 4 aliphatic carbocycles. The minimum absolute atomic E-state index is 0.325. The monoisotopic (exact) mass is 260 g/mol. The van der Waals surface area contributed by atoms with E-state index in [1.807, 2.05) is 0 Å². The van der Waals surface area contributed by atoms with Crippen molar-refractivity contribution in [1.82, 2.24) is 5.32 Å². The normalized spacial score (nSPS) is 43.2. The van der Waals surface area contributed by atoms with E-state index in [9.17, 15) is 5.26 Å². The van der Waals surface area contributed by atoms with Crippen molar-refractivity contribution < 1.29 is 0 Å². The summed E-state index contributed by atoms with van der Waals surface area (Å²) in [7, 11) is 0. The molecular weight excluding hydrogens is 232 g/mol. The van der Waals surface area contributed by atoms with Gasteiger partial charge < -0.3 is 0 Å². The summed E-state index contributed by atoms with van der Waals surface area (Å²) in [6, 6.07) is 2.95. The second-order valence-corrected chi connectivity index (χ2v) is 8.04. The van der Waals surface area contributed by atoms with Crippen LogP contribution in [0.2, 0.25) is 0 Å². The first-order valence-corrected chi connectivity index (χ1v) is 8.18. The van der Waals surface area contributed by atoms with Crippen LogP contribution in [0.5, 0.6) is 0 Å². The summed E-state index contributed by atoms with van der Waals surface area (Å²) in [6.07, 6.45) is 8.42. The fraction of sp³-hybridized carbons (Fsp3) is 0.941. The van der Waals surface area contributed by atoms with Crippen LogP contribution in [-0.4, -0.2) is 11.6 Å². The number of nitriles is 1. The summed E-state index contributed by atoms with van der Waals surface area (Å²) in [5.41, 5.74) is -0.325. The first-order valence-electron chi connectivity index (χ1n) is 8.18. The molecule has 0 spiro atoms. The maximum absolute atomic E-state index is 9.58. The molecule has 1 unspecified atom stereocenters. The van der Waals surface area contributed by atoms with Crippen molar-refractivity contribution in [3.8, 4) is 6.07 Å². The Bertz CT molecular complexity index is 353. The van der Waals surface area contributed by atoms with E-state index >= 15 is 0 Å². The molecule has 4 bridgehead atoms. The van der Waals surface area contributed by atoms with Crippen molar-refractivity contribution in [1.29, 1.82) is 5.26 Å². The van der Waals surface area contributed by atoms with E-state index in [4.69, 9.17) is 0 Å². The largest absolute Gasteiger partial charge is 0.297 e. The van der Waals surface area contributed by atoms with Gasteiger partial charge in [-0.25, -0.2) is 0 Å². The van der Waals surface area contributed by atoms with Crippen molar-refractivity contribution in [3.63, 3.8) is 0 Å². The van der Waals surface area contributed by atoms with Crippen molar-refractivity contribution >= 4 is 0 Å². The van der Waals surface area contributed by atoms with Crippen LogP contribution in [0.1, 0.15) is 59.3 Å². The molecule has 4 fully saturated rings. The highest BCUT2D eigenvalue weighted by molar-refractivity contribution is 5.09. The molecule has 4 saturated carbocycles. The third kappa shape index (κ3) is 2.55. The lowest BCUT2D eigenvalue weighted by Crippen LogP contribution is -2.52. The molecular formula is C17H28N2. The molecule has 4 aliphatic rings. The minimum Gasteiger partial charge on any atom is -0.297 e. The summed E-state index contributed by atoms with van der Waals surface area (Å²) in [5, 5.41) is 13.1. The Kier molecular flexibility index (Phi) is 3.38. The highest BCUT2D eigenvalue weighted by Crippen LogP contribution is 2.58. The Morgan fingerprint density at radius 1 is 1.11 bits per heavy atom. The average molecular weight is 260 g/mol.